The number of benzene rings is 1. The van der Waals surface area contributed by atoms with Crippen LogP contribution in [0.25, 0.3) is 0 Å². The van der Waals surface area contributed by atoms with Gasteiger partial charge in [-0.3, -0.25) is 0 Å². The average Bonchev–Trinajstić information content (AvgIpc) is 2.62. The van der Waals surface area contributed by atoms with E-state index in [1.165, 1.54) is 6.42 Å². The monoisotopic (exact) mass is 326 g/mol. The second kappa shape index (κ2) is 10.4. The van der Waals surface area contributed by atoms with Crippen molar-refractivity contribution in [3.05, 3.63) is 54.2 Å². The third kappa shape index (κ3) is 6.03. The first-order valence-electron chi connectivity index (χ1n) is 8.65. The zero-order valence-electron chi connectivity index (χ0n) is 14.4. The number of unbranched alkanes of at least 4 members (excludes halogenated alkanes) is 1. The Morgan fingerprint density at radius 1 is 1.12 bits per heavy atom. The summed E-state index contributed by atoms with van der Waals surface area (Å²) < 4.78 is 5.82. The number of aromatic nitrogens is 1. The lowest BCUT2D eigenvalue weighted by molar-refractivity contribution is -0.107. The van der Waals surface area contributed by atoms with E-state index < -0.39 is 0 Å². The minimum Gasteiger partial charge on any atom is -0.494 e. The van der Waals surface area contributed by atoms with Gasteiger partial charge in [0.2, 0.25) is 0 Å². The molecule has 128 valence electrons. The van der Waals surface area contributed by atoms with Crippen molar-refractivity contribution in [3.8, 4) is 5.75 Å². The van der Waals surface area contributed by atoms with Crippen LogP contribution in [0.4, 0.5) is 5.82 Å². The molecule has 0 bridgehead atoms. The van der Waals surface area contributed by atoms with Gasteiger partial charge in [0.15, 0.2) is 0 Å². The Morgan fingerprint density at radius 3 is 2.75 bits per heavy atom. The van der Waals surface area contributed by atoms with Gasteiger partial charge >= 0.3 is 0 Å². The number of ether oxygens (including phenoxy) is 1. The van der Waals surface area contributed by atoms with Gasteiger partial charge in [0.25, 0.3) is 0 Å². The highest BCUT2D eigenvalue weighted by Crippen LogP contribution is 2.15. The van der Waals surface area contributed by atoms with E-state index >= 15 is 0 Å². The van der Waals surface area contributed by atoms with Crippen LogP contribution in [0, 0.1) is 0 Å². The minimum atomic E-state index is 0.432. The lowest BCUT2D eigenvalue weighted by Crippen LogP contribution is -2.27. The molecule has 0 fully saturated rings. The Hall–Kier alpha value is -2.36. The number of hydrogen-bond donors (Lipinski definition) is 0. The topological polar surface area (TPSA) is 42.4 Å². The van der Waals surface area contributed by atoms with Gasteiger partial charge in [-0.1, -0.05) is 31.5 Å². The van der Waals surface area contributed by atoms with Crippen molar-refractivity contribution in [1.82, 2.24) is 4.98 Å². The summed E-state index contributed by atoms with van der Waals surface area (Å²) in [5.41, 5.74) is 0.987. The molecule has 0 atom stereocenters. The third-order valence-electron chi connectivity index (χ3n) is 3.81. The first kappa shape index (κ1) is 18.0. The van der Waals surface area contributed by atoms with Crippen molar-refractivity contribution in [3.63, 3.8) is 0 Å². The van der Waals surface area contributed by atoms with E-state index in [9.17, 15) is 4.79 Å². The van der Waals surface area contributed by atoms with Crippen LogP contribution in [0.5, 0.6) is 5.75 Å². The average molecular weight is 326 g/mol. The molecule has 4 nitrogen and oxygen atoms in total. The second-order valence-corrected chi connectivity index (χ2v) is 5.75. The molecule has 0 aliphatic heterocycles. The summed E-state index contributed by atoms with van der Waals surface area (Å²) in [4.78, 5) is 17.4. The number of pyridine rings is 1. The van der Waals surface area contributed by atoms with Crippen molar-refractivity contribution in [2.75, 3.05) is 24.6 Å². The van der Waals surface area contributed by atoms with Crippen molar-refractivity contribution >= 4 is 12.1 Å². The highest BCUT2D eigenvalue weighted by Gasteiger charge is 2.06. The van der Waals surface area contributed by atoms with E-state index in [4.69, 9.17) is 4.74 Å². The highest BCUT2D eigenvalue weighted by molar-refractivity contribution is 5.55. The standard InChI is InChI=1S/C20H26N2O2/c1-2-3-13-22(20-10-4-5-12-21-20)14-7-16-24-19-9-6-8-18(17-19)11-15-23/h4-6,8-10,12,15,17H,2-3,7,11,13-14,16H2,1H3. The molecule has 24 heavy (non-hydrogen) atoms. The molecule has 0 aliphatic carbocycles. The number of rotatable bonds is 11. The summed E-state index contributed by atoms with van der Waals surface area (Å²) in [6, 6.07) is 13.8. The molecular formula is C20H26N2O2. The van der Waals surface area contributed by atoms with Gasteiger partial charge in [-0.25, -0.2) is 4.98 Å². The van der Waals surface area contributed by atoms with Gasteiger partial charge in [-0.15, -0.1) is 0 Å². The van der Waals surface area contributed by atoms with Crippen LogP contribution in [-0.4, -0.2) is 31.0 Å². The molecule has 1 heterocycles. The molecule has 0 aliphatic rings. The smallest absolute Gasteiger partial charge is 0.128 e. The molecule has 0 amide bonds. The zero-order valence-corrected chi connectivity index (χ0v) is 14.4. The Bertz CT molecular complexity index is 602. The molecule has 0 N–H and O–H groups in total. The lowest BCUT2D eigenvalue weighted by Gasteiger charge is -2.23. The van der Waals surface area contributed by atoms with E-state index in [1.54, 1.807) is 0 Å². The Kier molecular flexibility index (Phi) is 7.81. The summed E-state index contributed by atoms with van der Waals surface area (Å²) in [5.74, 6) is 1.85. The predicted molar refractivity (Wildman–Crippen MR) is 97.7 cm³/mol. The quantitative estimate of drug-likeness (QED) is 0.464. The molecule has 1 aromatic carbocycles. The van der Waals surface area contributed by atoms with Gasteiger partial charge in [0.1, 0.15) is 17.9 Å². The van der Waals surface area contributed by atoms with Crippen LogP contribution in [-0.2, 0) is 11.2 Å². The molecule has 4 heteroatoms. The van der Waals surface area contributed by atoms with Gasteiger partial charge in [0.05, 0.1) is 6.61 Å². The maximum atomic E-state index is 10.6. The van der Waals surface area contributed by atoms with Gasteiger partial charge in [-0.05, 0) is 42.7 Å². The largest absolute Gasteiger partial charge is 0.494 e. The fraction of sp³-hybridized carbons (Fsp3) is 0.400. The molecule has 2 rings (SSSR count). The maximum absolute atomic E-state index is 10.6. The van der Waals surface area contributed by atoms with Crippen molar-refractivity contribution in [2.24, 2.45) is 0 Å². The number of anilines is 1. The molecule has 1 aromatic heterocycles. The zero-order chi connectivity index (χ0) is 17.0. The fourth-order valence-corrected chi connectivity index (χ4v) is 2.53. The Labute approximate surface area is 144 Å². The van der Waals surface area contributed by atoms with E-state index in [0.717, 1.165) is 49.3 Å². The maximum Gasteiger partial charge on any atom is 0.128 e. The van der Waals surface area contributed by atoms with Gasteiger partial charge in [0, 0.05) is 25.7 Å². The fourth-order valence-electron chi connectivity index (χ4n) is 2.53. The summed E-state index contributed by atoms with van der Waals surface area (Å²) >= 11 is 0. The van der Waals surface area contributed by atoms with Crippen LogP contribution < -0.4 is 9.64 Å². The number of carbonyl (C=O) groups is 1. The van der Waals surface area contributed by atoms with Crippen LogP contribution in [0.1, 0.15) is 31.7 Å². The predicted octanol–water partition coefficient (Wildman–Crippen LogP) is 3.90. The summed E-state index contributed by atoms with van der Waals surface area (Å²) in [5, 5.41) is 0. The summed E-state index contributed by atoms with van der Waals surface area (Å²) in [6.07, 6.45) is 6.44. The van der Waals surface area contributed by atoms with Gasteiger partial charge in [-0.2, -0.15) is 0 Å². The van der Waals surface area contributed by atoms with Crippen molar-refractivity contribution in [1.29, 1.82) is 0 Å². The highest BCUT2D eigenvalue weighted by atomic mass is 16.5. The van der Waals surface area contributed by atoms with E-state index in [2.05, 4.69) is 22.9 Å². The van der Waals surface area contributed by atoms with Crippen molar-refractivity contribution in [2.45, 2.75) is 32.6 Å². The molecule has 0 saturated carbocycles. The van der Waals surface area contributed by atoms with E-state index in [1.807, 2.05) is 42.6 Å². The van der Waals surface area contributed by atoms with Crippen LogP contribution in [0.2, 0.25) is 0 Å². The molecule has 0 saturated heterocycles. The normalized spacial score (nSPS) is 10.4. The molecule has 0 unspecified atom stereocenters. The van der Waals surface area contributed by atoms with Crippen LogP contribution >= 0.6 is 0 Å². The lowest BCUT2D eigenvalue weighted by atomic mass is 10.1. The molecule has 0 radical (unpaired) electrons. The first-order chi connectivity index (χ1) is 11.8. The Morgan fingerprint density at radius 2 is 2.00 bits per heavy atom. The molecule has 0 spiro atoms. The minimum absolute atomic E-state index is 0.432. The summed E-state index contributed by atoms with van der Waals surface area (Å²) in [7, 11) is 0. The first-order valence-corrected chi connectivity index (χ1v) is 8.65. The van der Waals surface area contributed by atoms with Crippen LogP contribution in [0.3, 0.4) is 0 Å². The molecule has 2 aromatic rings. The van der Waals surface area contributed by atoms with E-state index in [0.29, 0.717) is 13.0 Å². The number of hydrogen-bond acceptors (Lipinski definition) is 4. The molecular weight excluding hydrogens is 300 g/mol. The number of carbonyl (C=O) groups excluding carboxylic acids is 1. The van der Waals surface area contributed by atoms with Crippen molar-refractivity contribution < 1.29 is 9.53 Å². The Balaban J connectivity index is 1.82. The SMILES string of the molecule is CCCCN(CCCOc1cccc(CC=O)c1)c1ccccn1. The second-order valence-electron chi connectivity index (χ2n) is 5.75. The number of nitrogens with zero attached hydrogens (tertiary/aromatic N) is 2. The van der Waals surface area contributed by atoms with Crippen LogP contribution in [0.15, 0.2) is 48.7 Å². The van der Waals surface area contributed by atoms with E-state index in [-0.39, 0.29) is 0 Å². The number of aldehydes is 1. The van der Waals surface area contributed by atoms with Gasteiger partial charge < -0.3 is 14.4 Å². The summed E-state index contributed by atoms with van der Waals surface area (Å²) in [6.45, 7) is 4.79. The third-order valence-corrected chi connectivity index (χ3v) is 3.81.